The van der Waals surface area contributed by atoms with Crippen molar-refractivity contribution in [3.8, 4) is 0 Å². The summed E-state index contributed by atoms with van der Waals surface area (Å²) in [5.41, 5.74) is 1.46. The van der Waals surface area contributed by atoms with Crippen LogP contribution in [0, 0.1) is 23.7 Å². The first-order valence-corrected chi connectivity index (χ1v) is 10.9. The molecule has 4 unspecified atom stereocenters. The molecule has 4 aliphatic carbocycles. The molecule has 4 atom stereocenters. The number of thiophene rings is 1. The number of aryl methyl sites for hydroxylation is 1. The number of carboxylic acid groups (broad SMARTS) is 1. The molecule has 2 N–H and O–H groups in total. The number of aliphatic carboxylic acids is 1. The molecule has 0 aliphatic heterocycles. The Labute approximate surface area is 168 Å². The van der Waals surface area contributed by atoms with Gasteiger partial charge in [-0.15, -0.1) is 11.3 Å². The van der Waals surface area contributed by atoms with E-state index in [1.165, 1.54) is 11.3 Å². The molecule has 0 aromatic carbocycles. The molecule has 0 spiro atoms. The fourth-order valence-corrected chi connectivity index (χ4v) is 6.24. The molecule has 150 valence electrons. The second-order valence-corrected chi connectivity index (χ2v) is 8.91. The van der Waals surface area contributed by atoms with Crippen molar-refractivity contribution in [2.75, 3.05) is 11.9 Å². The number of amides is 1. The zero-order chi connectivity index (χ0) is 19.8. The van der Waals surface area contributed by atoms with Crippen LogP contribution in [0.25, 0.3) is 0 Å². The maximum atomic E-state index is 13.2. The lowest BCUT2D eigenvalue weighted by Gasteiger charge is -2.41. The summed E-state index contributed by atoms with van der Waals surface area (Å²) in [6, 6.07) is 0. The quantitative estimate of drug-likeness (QED) is 0.578. The molecule has 0 radical (unpaired) electrons. The summed E-state index contributed by atoms with van der Waals surface area (Å²) < 4.78 is 5.24. The highest BCUT2D eigenvalue weighted by Gasteiger charge is 2.48. The van der Waals surface area contributed by atoms with Gasteiger partial charge >= 0.3 is 11.9 Å². The number of hydrogen-bond acceptors (Lipinski definition) is 5. The van der Waals surface area contributed by atoms with Crippen molar-refractivity contribution in [1.82, 2.24) is 0 Å². The Morgan fingerprint density at radius 1 is 1.14 bits per heavy atom. The molecule has 1 aromatic heterocycles. The first kappa shape index (κ1) is 19.2. The maximum Gasteiger partial charge on any atom is 0.341 e. The summed E-state index contributed by atoms with van der Waals surface area (Å²) in [7, 11) is 0. The second kappa shape index (κ2) is 7.70. The van der Waals surface area contributed by atoms with E-state index in [1.54, 1.807) is 6.92 Å². The van der Waals surface area contributed by atoms with Crippen LogP contribution in [0.2, 0.25) is 0 Å². The van der Waals surface area contributed by atoms with Gasteiger partial charge < -0.3 is 15.2 Å². The van der Waals surface area contributed by atoms with Gasteiger partial charge in [0.1, 0.15) is 5.00 Å². The van der Waals surface area contributed by atoms with Crippen molar-refractivity contribution in [2.24, 2.45) is 23.7 Å². The molecule has 7 heteroatoms. The normalized spacial score (nSPS) is 27.9. The molecule has 0 saturated heterocycles. The number of ether oxygens (including phenoxy) is 1. The molecular weight excluding hydrogens is 378 g/mol. The van der Waals surface area contributed by atoms with E-state index in [0.29, 0.717) is 10.6 Å². The summed E-state index contributed by atoms with van der Waals surface area (Å²) in [4.78, 5) is 38.7. The van der Waals surface area contributed by atoms with Crippen LogP contribution in [0.15, 0.2) is 12.2 Å². The summed E-state index contributed by atoms with van der Waals surface area (Å²) in [5.74, 6) is -3.09. The van der Waals surface area contributed by atoms with E-state index in [-0.39, 0.29) is 24.3 Å². The molecule has 2 bridgehead atoms. The lowest BCUT2D eigenvalue weighted by molar-refractivity contribution is -0.151. The van der Waals surface area contributed by atoms with E-state index >= 15 is 0 Å². The van der Waals surface area contributed by atoms with Gasteiger partial charge in [0.2, 0.25) is 5.91 Å². The van der Waals surface area contributed by atoms with Crippen molar-refractivity contribution >= 4 is 34.2 Å². The average molecular weight is 404 g/mol. The van der Waals surface area contributed by atoms with E-state index in [4.69, 9.17) is 4.74 Å². The molecule has 28 heavy (non-hydrogen) atoms. The minimum atomic E-state index is -0.921. The Bertz CT molecular complexity index is 842. The van der Waals surface area contributed by atoms with Gasteiger partial charge in [-0.05, 0) is 62.8 Å². The third-order valence-corrected chi connectivity index (χ3v) is 7.43. The Morgan fingerprint density at radius 2 is 1.82 bits per heavy atom. The van der Waals surface area contributed by atoms with Gasteiger partial charge in [-0.25, -0.2) is 4.79 Å². The molecule has 1 saturated carbocycles. The van der Waals surface area contributed by atoms with E-state index < -0.39 is 23.8 Å². The van der Waals surface area contributed by atoms with E-state index in [2.05, 4.69) is 5.32 Å². The van der Waals surface area contributed by atoms with Crippen LogP contribution in [0.5, 0.6) is 0 Å². The predicted octanol–water partition coefficient (Wildman–Crippen LogP) is 3.66. The van der Waals surface area contributed by atoms with Gasteiger partial charge in [0.25, 0.3) is 0 Å². The predicted molar refractivity (Wildman–Crippen MR) is 106 cm³/mol. The molecule has 1 amide bonds. The zero-order valence-corrected chi connectivity index (χ0v) is 16.7. The molecule has 1 fully saturated rings. The molecular formula is C21H25NO5S. The Hall–Kier alpha value is -2.15. The summed E-state index contributed by atoms with van der Waals surface area (Å²) >= 11 is 1.44. The largest absolute Gasteiger partial charge is 0.481 e. The Morgan fingerprint density at radius 3 is 2.46 bits per heavy atom. The standard InChI is InChI=1S/C21H25NO5S/c1-2-27-21(26)17-13-5-3-4-6-14(13)28-19(17)22-18(23)15-11-7-9-12(10-8-11)16(15)20(24)25/h7,9,11-12,15-16H,2-6,8,10H2,1H3,(H,22,23)(H,24,25). The van der Waals surface area contributed by atoms with Gasteiger partial charge in [0.15, 0.2) is 0 Å². The van der Waals surface area contributed by atoms with E-state index in [1.807, 2.05) is 12.2 Å². The van der Waals surface area contributed by atoms with Crippen LogP contribution in [0.4, 0.5) is 5.00 Å². The minimum absolute atomic E-state index is 0.0632. The monoisotopic (exact) mass is 403 g/mol. The number of nitrogens with one attached hydrogen (secondary N) is 1. The van der Waals surface area contributed by atoms with Crippen LogP contribution in [-0.2, 0) is 27.2 Å². The third-order valence-electron chi connectivity index (χ3n) is 6.22. The Balaban J connectivity index is 1.64. The fraction of sp³-hybridized carbons (Fsp3) is 0.571. The van der Waals surface area contributed by atoms with Crippen molar-refractivity contribution in [1.29, 1.82) is 0 Å². The topological polar surface area (TPSA) is 92.7 Å². The van der Waals surface area contributed by atoms with Gasteiger partial charge in [0, 0.05) is 4.88 Å². The van der Waals surface area contributed by atoms with Crippen LogP contribution >= 0.6 is 11.3 Å². The highest BCUT2D eigenvalue weighted by Crippen LogP contribution is 2.46. The summed E-state index contributed by atoms with van der Waals surface area (Å²) in [6.07, 6.45) is 9.37. The molecule has 5 rings (SSSR count). The zero-order valence-electron chi connectivity index (χ0n) is 15.9. The van der Waals surface area contributed by atoms with Crippen molar-refractivity contribution < 1.29 is 24.2 Å². The van der Waals surface area contributed by atoms with E-state index in [9.17, 15) is 19.5 Å². The summed E-state index contributed by atoms with van der Waals surface area (Å²) in [5, 5.41) is 13.2. The van der Waals surface area contributed by atoms with Crippen LogP contribution < -0.4 is 5.32 Å². The first-order chi connectivity index (χ1) is 13.5. The lowest BCUT2D eigenvalue weighted by Crippen LogP contribution is -2.47. The highest BCUT2D eigenvalue weighted by molar-refractivity contribution is 7.17. The Kier molecular flexibility index (Phi) is 5.27. The number of allylic oxidation sites excluding steroid dienone is 2. The number of anilines is 1. The fourth-order valence-electron chi connectivity index (χ4n) is 4.96. The first-order valence-electron chi connectivity index (χ1n) is 10.0. The van der Waals surface area contributed by atoms with Gasteiger partial charge in [-0.2, -0.15) is 0 Å². The smallest absolute Gasteiger partial charge is 0.341 e. The van der Waals surface area contributed by atoms with Crippen LogP contribution in [-0.4, -0.2) is 29.6 Å². The molecule has 1 aromatic rings. The highest BCUT2D eigenvalue weighted by atomic mass is 32.1. The second-order valence-electron chi connectivity index (χ2n) is 7.80. The molecule has 6 nitrogen and oxygen atoms in total. The molecule has 4 aliphatic rings. The van der Waals surface area contributed by atoms with Gasteiger partial charge in [-0.3, -0.25) is 9.59 Å². The maximum absolute atomic E-state index is 13.2. The van der Waals surface area contributed by atoms with Gasteiger partial charge in [-0.1, -0.05) is 12.2 Å². The number of esters is 1. The number of carbonyl (C=O) groups excluding carboxylic acids is 2. The van der Waals surface area contributed by atoms with Crippen molar-refractivity contribution in [3.63, 3.8) is 0 Å². The third kappa shape index (κ3) is 3.26. The lowest BCUT2D eigenvalue weighted by atomic mass is 9.62. The summed E-state index contributed by atoms with van der Waals surface area (Å²) in [6.45, 7) is 2.03. The van der Waals surface area contributed by atoms with Crippen LogP contribution in [0.1, 0.15) is 53.4 Å². The van der Waals surface area contributed by atoms with Crippen LogP contribution in [0.3, 0.4) is 0 Å². The van der Waals surface area contributed by atoms with E-state index in [0.717, 1.165) is 49.0 Å². The molecule has 1 heterocycles. The van der Waals surface area contributed by atoms with Crippen molar-refractivity contribution in [3.05, 3.63) is 28.2 Å². The van der Waals surface area contributed by atoms with Gasteiger partial charge in [0.05, 0.1) is 24.0 Å². The number of rotatable bonds is 5. The number of hydrogen-bond donors (Lipinski definition) is 2. The number of carboxylic acids is 1. The minimum Gasteiger partial charge on any atom is -0.481 e. The SMILES string of the molecule is CCOC(=O)c1c(NC(=O)C2C3C=CC(CC3)C2C(=O)O)sc2c1CCCC2. The van der Waals surface area contributed by atoms with Crippen molar-refractivity contribution in [2.45, 2.75) is 45.4 Å². The number of carbonyl (C=O) groups is 3. The number of fused-ring (bicyclic) bond motifs is 3. The average Bonchev–Trinajstić information content (AvgIpc) is 3.06.